The van der Waals surface area contributed by atoms with Gasteiger partial charge >= 0.3 is 6.03 Å². The van der Waals surface area contributed by atoms with Crippen LogP contribution in [-0.2, 0) is 11.2 Å². The number of amides is 3. The molecule has 132 valence electrons. The number of carbonyl (C=O) groups excluding carboxylic acids is 2. The van der Waals surface area contributed by atoms with Crippen molar-refractivity contribution < 1.29 is 9.59 Å². The predicted molar refractivity (Wildman–Crippen MR) is 98.0 cm³/mol. The minimum Gasteiger partial charge on any atom is -0.369 e. The van der Waals surface area contributed by atoms with Gasteiger partial charge in [0.25, 0.3) is 0 Å². The molecule has 0 bridgehead atoms. The van der Waals surface area contributed by atoms with Crippen LogP contribution in [0.5, 0.6) is 0 Å². The number of benzene rings is 1. The molecule has 0 fully saturated rings. The van der Waals surface area contributed by atoms with Crippen molar-refractivity contribution >= 4 is 17.6 Å². The fourth-order valence-electron chi connectivity index (χ4n) is 2.90. The molecule has 1 aromatic heterocycles. The van der Waals surface area contributed by atoms with E-state index in [0.717, 1.165) is 12.0 Å². The van der Waals surface area contributed by atoms with E-state index in [2.05, 4.69) is 10.3 Å². The molecule has 1 unspecified atom stereocenters. The van der Waals surface area contributed by atoms with Crippen molar-refractivity contribution in [3.05, 3.63) is 59.9 Å². The molecule has 0 saturated carbocycles. The number of hydrogen-bond acceptors (Lipinski definition) is 3. The fourth-order valence-corrected chi connectivity index (χ4v) is 2.90. The standard InChI is InChI=1S/C19H24N4O2/c1-3-17(14-9-11-21-12-10-14)23(4-2)19(25)22-16-8-6-5-7-15(16)13-18(20)24/h5-12,17H,3-4,13H2,1-2H3,(H2,20,24)(H,22,25). The first-order valence-corrected chi connectivity index (χ1v) is 8.40. The van der Waals surface area contributed by atoms with Crippen LogP contribution in [0.25, 0.3) is 0 Å². The van der Waals surface area contributed by atoms with Gasteiger partial charge in [-0.05, 0) is 42.7 Å². The van der Waals surface area contributed by atoms with Crippen LogP contribution in [0.1, 0.15) is 37.4 Å². The number of urea groups is 1. The van der Waals surface area contributed by atoms with Crippen LogP contribution in [0.3, 0.4) is 0 Å². The predicted octanol–water partition coefficient (Wildman–Crippen LogP) is 3.11. The van der Waals surface area contributed by atoms with Crippen LogP contribution in [0.15, 0.2) is 48.8 Å². The third-order valence-corrected chi connectivity index (χ3v) is 4.08. The van der Waals surface area contributed by atoms with E-state index in [1.807, 2.05) is 38.1 Å². The first-order chi connectivity index (χ1) is 12.1. The summed E-state index contributed by atoms with van der Waals surface area (Å²) in [6.45, 7) is 4.55. The van der Waals surface area contributed by atoms with Gasteiger partial charge in [-0.15, -0.1) is 0 Å². The van der Waals surface area contributed by atoms with Gasteiger partial charge in [0.1, 0.15) is 0 Å². The number of nitrogens with two attached hydrogens (primary N) is 1. The molecule has 1 atom stereocenters. The lowest BCUT2D eigenvalue weighted by atomic mass is 10.0. The zero-order valence-corrected chi connectivity index (χ0v) is 14.6. The number of nitrogens with one attached hydrogen (secondary N) is 1. The average Bonchev–Trinajstić information content (AvgIpc) is 2.61. The van der Waals surface area contributed by atoms with E-state index in [9.17, 15) is 9.59 Å². The van der Waals surface area contributed by atoms with E-state index in [1.54, 1.807) is 29.4 Å². The molecule has 1 aromatic carbocycles. The van der Waals surface area contributed by atoms with E-state index >= 15 is 0 Å². The molecule has 0 spiro atoms. The smallest absolute Gasteiger partial charge is 0.322 e. The van der Waals surface area contributed by atoms with E-state index < -0.39 is 5.91 Å². The summed E-state index contributed by atoms with van der Waals surface area (Å²) in [5, 5.41) is 2.92. The summed E-state index contributed by atoms with van der Waals surface area (Å²) in [7, 11) is 0. The Kier molecular flexibility index (Phi) is 6.51. The molecule has 0 aliphatic heterocycles. The molecule has 2 rings (SSSR count). The van der Waals surface area contributed by atoms with Gasteiger partial charge in [-0.1, -0.05) is 25.1 Å². The number of nitrogens with zero attached hydrogens (tertiary/aromatic N) is 2. The summed E-state index contributed by atoms with van der Waals surface area (Å²) in [5.41, 5.74) is 7.64. The third-order valence-electron chi connectivity index (χ3n) is 4.08. The molecule has 25 heavy (non-hydrogen) atoms. The van der Waals surface area contributed by atoms with Crippen molar-refractivity contribution in [1.82, 2.24) is 9.88 Å². The van der Waals surface area contributed by atoms with Crippen LogP contribution in [-0.4, -0.2) is 28.4 Å². The Morgan fingerprint density at radius 3 is 2.44 bits per heavy atom. The third kappa shape index (κ3) is 4.79. The van der Waals surface area contributed by atoms with E-state index in [0.29, 0.717) is 17.8 Å². The first-order valence-electron chi connectivity index (χ1n) is 8.40. The highest BCUT2D eigenvalue weighted by Crippen LogP contribution is 2.25. The summed E-state index contributed by atoms with van der Waals surface area (Å²) in [4.78, 5) is 29.9. The largest absolute Gasteiger partial charge is 0.369 e. The molecule has 6 nitrogen and oxygen atoms in total. The number of rotatable bonds is 7. The maximum absolute atomic E-state index is 12.8. The van der Waals surface area contributed by atoms with Crippen LogP contribution < -0.4 is 11.1 Å². The van der Waals surface area contributed by atoms with Gasteiger partial charge in [0.2, 0.25) is 5.91 Å². The Morgan fingerprint density at radius 1 is 1.16 bits per heavy atom. The Balaban J connectivity index is 2.22. The summed E-state index contributed by atoms with van der Waals surface area (Å²) >= 11 is 0. The van der Waals surface area contributed by atoms with Crippen LogP contribution >= 0.6 is 0 Å². The minimum atomic E-state index is -0.433. The van der Waals surface area contributed by atoms with Gasteiger partial charge < -0.3 is 16.0 Å². The molecule has 3 N–H and O–H groups in total. The Hall–Kier alpha value is -2.89. The monoisotopic (exact) mass is 340 g/mol. The molecule has 6 heteroatoms. The lowest BCUT2D eigenvalue weighted by Gasteiger charge is -2.31. The van der Waals surface area contributed by atoms with Gasteiger partial charge in [-0.2, -0.15) is 0 Å². The van der Waals surface area contributed by atoms with Crippen molar-refractivity contribution in [2.45, 2.75) is 32.7 Å². The van der Waals surface area contributed by atoms with E-state index in [-0.39, 0.29) is 18.5 Å². The van der Waals surface area contributed by atoms with Crippen molar-refractivity contribution in [2.75, 3.05) is 11.9 Å². The quantitative estimate of drug-likeness (QED) is 0.811. The molecule has 0 radical (unpaired) electrons. The number of para-hydroxylation sites is 1. The fraction of sp³-hybridized carbons (Fsp3) is 0.316. The Bertz CT molecular complexity index is 718. The number of anilines is 1. The molecule has 0 aliphatic rings. The summed E-state index contributed by atoms with van der Waals surface area (Å²) in [5.74, 6) is -0.433. The number of hydrogen-bond donors (Lipinski definition) is 2. The summed E-state index contributed by atoms with van der Waals surface area (Å²) < 4.78 is 0. The van der Waals surface area contributed by atoms with Gasteiger partial charge in [0.05, 0.1) is 12.5 Å². The molecule has 3 amide bonds. The highest BCUT2D eigenvalue weighted by molar-refractivity contribution is 5.91. The lowest BCUT2D eigenvalue weighted by Crippen LogP contribution is -2.38. The Morgan fingerprint density at radius 2 is 1.84 bits per heavy atom. The van der Waals surface area contributed by atoms with Crippen LogP contribution in [0, 0.1) is 0 Å². The highest BCUT2D eigenvalue weighted by atomic mass is 16.2. The van der Waals surface area contributed by atoms with Gasteiger partial charge in [-0.3, -0.25) is 9.78 Å². The minimum absolute atomic E-state index is 0.0451. The lowest BCUT2D eigenvalue weighted by molar-refractivity contribution is -0.117. The second-order valence-electron chi connectivity index (χ2n) is 5.72. The second kappa shape index (κ2) is 8.82. The van der Waals surface area contributed by atoms with Gasteiger partial charge in [-0.25, -0.2) is 4.79 Å². The number of pyridine rings is 1. The highest BCUT2D eigenvalue weighted by Gasteiger charge is 2.23. The zero-order chi connectivity index (χ0) is 18.2. The summed E-state index contributed by atoms with van der Waals surface area (Å²) in [6, 6.07) is 10.8. The van der Waals surface area contributed by atoms with Crippen molar-refractivity contribution in [1.29, 1.82) is 0 Å². The maximum Gasteiger partial charge on any atom is 0.322 e. The van der Waals surface area contributed by atoms with Crippen LogP contribution in [0.2, 0.25) is 0 Å². The second-order valence-corrected chi connectivity index (χ2v) is 5.72. The van der Waals surface area contributed by atoms with E-state index in [1.165, 1.54) is 0 Å². The number of aromatic nitrogens is 1. The Labute approximate surface area is 148 Å². The normalized spacial score (nSPS) is 11.6. The maximum atomic E-state index is 12.8. The molecule has 0 aliphatic carbocycles. The summed E-state index contributed by atoms with van der Waals surface area (Å²) in [6.07, 6.45) is 4.33. The van der Waals surface area contributed by atoms with Crippen molar-refractivity contribution in [3.63, 3.8) is 0 Å². The van der Waals surface area contributed by atoms with Crippen molar-refractivity contribution in [3.8, 4) is 0 Å². The van der Waals surface area contributed by atoms with Crippen LogP contribution in [0.4, 0.5) is 10.5 Å². The average molecular weight is 340 g/mol. The molecule has 2 aromatic rings. The number of primary amides is 1. The SMILES string of the molecule is CCC(c1ccncc1)N(CC)C(=O)Nc1ccccc1CC(N)=O. The molecule has 1 heterocycles. The molecular formula is C19H24N4O2. The first kappa shape index (κ1) is 18.4. The van der Waals surface area contributed by atoms with Gasteiger partial charge in [0.15, 0.2) is 0 Å². The zero-order valence-electron chi connectivity index (χ0n) is 14.6. The number of carbonyl (C=O) groups is 2. The van der Waals surface area contributed by atoms with Crippen molar-refractivity contribution in [2.24, 2.45) is 5.73 Å². The van der Waals surface area contributed by atoms with Gasteiger partial charge in [0, 0.05) is 24.6 Å². The molecular weight excluding hydrogens is 316 g/mol. The molecule has 0 saturated heterocycles. The topological polar surface area (TPSA) is 88.3 Å². The van der Waals surface area contributed by atoms with E-state index in [4.69, 9.17) is 5.73 Å².